The standard InChI is InChI=1S/C20H19NO2S/c1-21-10-8-14-15(9-11-21)17-12-13(20(22)23)6-7-19(17)24-18-5-3-2-4-16(14)18/h2-7,12H,8-11H2,1H3,(H,22,23). The van der Waals surface area contributed by atoms with Gasteiger partial charge in [-0.15, -0.1) is 0 Å². The number of hydrogen-bond donors (Lipinski definition) is 1. The van der Waals surface area contributed by atoms with Crippen LogP contribution in [0.3, 0.4) is 0 Å². The molecule has 0 saturated carbocycles. The van der Waals surface area contributed by atoms with E-state index in [-0.39, 0.29) is 0 Å². The molecule has 4 heteroatoms. The van der Waals surface area contributed by atoms with Gasteiger partial charge in [-0.1, -0.05) is 30.0 Å². The number of carbonyl (C=O) groups is 1. The molecule has 0 saturated heterocycles. The van der Waals surface area contributed by atoms with Crippen LogP contribution < -0.4 is 0 Å². The Balaban J connectivity index is 1.97. The first-order valence-corrected chi connectivity index (χ1v) is 9.00. The van der Waals surface area contributed by atoms with Gasteiger partial charge in [0.2, 0.25) is 0 Å². The van der Waals surface area contributed by atoms with Gasteiger partial charge in [0.15, 0.2) is 0 Å². The maximum absolute atomic E-state index is 11.4. The van der Waals surface area contributed by atoms with Crippen molar-refractivity contribution < 1.29 is 9.90 Å². The molecule has 0 aromatic heterocycles. The Kier molecular flexibility index (Phi) is 3.94. The minimum absolute atomic E-state index is 0.366. The molecule has 4 rings (SSSR count). The smallest absolute Gasteiger partial charge is 0.335 e. The molecule has 2 aliphatic heterocycles. The van der Waals surface area contributed by atoms with Gasteiger partial charge in [0.25, 0.3) is 0 Å². The quantitative estimate of drug-likeness (QED) is 0.832. The van der Waals surface area contributed by atoms with Crippen LogP contribution in [0.1, 0.15) is 34.3 Å². The summed E-state index contributed by atoms with van der Waals surface area (Å²) in [6.07, 6.45) is 1.96. The van der Waals surface area contributed by atoms with Crippen molar-refractivity contribution in [3.05, 3.63) is 59.2 Å². The zero-order valence-corrected chi connectivity index (χ0v) is 14.4. The highest BCUT2D eigenvalue weighted by molar-refractivity contribution is 7.99. The molecule has 0 atom stereocenters. The average molecular weight is 337 g/mol. The molecule has 0 spiro atoms. The van der Waals surface area contributed by atoms with Crippen molar-refractivity contribution in [2.45, 2.75) is 22.6 Å². The van der Waals surface area contributed by atoms with Crippen LogP contribution in [0.4, 0.5) is 0 Å². The maximum Gasteiger partial charge on any atom is 0.335 e. The van der Waals surface area contributed by atoms with Crippen LogP contribution in [-0.4, -0.2) is 36.1 Å². The highest BCUT2D eigenvalue weighted by Crippen LogP contribution is 2.47. The molecule has 3 nitrogen and oxygen atoms in total. The number of rotatable bonds is 1. The second-order valence-electron chi connectivity index (χ2n) is 6.37. The molecular formula is C20H19NO2S. The lowest BCUT2D eigenvalue weighted by Crippen LogP contribution is -2.19. The Bertz CT molecular complexity index is 856. The molecule has 2 heterocycles. The van der Waals surface area contributed by atoms with Crippen molar-refractivity contribution in [2.75, 3.05) is 20.1 Å². The number of nitrogens with zero attached hydrogens (tertiary/aromatic N) is 1. The molecule has 122 valence electrons. The lowest BCUT2D eigenvalue weighted by atomic mass is 9.90. The van der Waals surface area contributed by atoms with Crippen molar-refractivity contribution in [1.29, 1.82) is 0 Å². The predicted molar refractivity (Wildman–Crippen MR) is 97.5 cm³/mol. The van der Waals surface area contributed by atoms with Gasteiger partial charge in [0.1, 0.15) is 0 Å². The highest BCUT2D eigenvalue weighted by atomic mass is 32.2. The fourth-order valence-corrected chi connectivity index (χ4v) is 4.64. The van der Waals surface area contributed by atoms with Crippen LogP contribution in [0.25, 0.3) is 11.1 Å². The second-order valence-corrected chi connectivity index (χ2v) is 7.46. The van der Waals surface area contributed by atoms with E-state index in [0.717, 1.165) is 36.4 Å². The van der Waals surface area contributed by atoms with Crippen molar-refractivity contribution in [3.8, 4) is 0 Å². The Morgan fingerprint density at radius 3 is 2.42 bits per heavy atom. The zero-order chi connectivity index (χ0) is 16.7. The van der Waals surface area contributed by atoms with Gasteiger partial charge < -0.3 is 10.0 Å². The van der Waals surface area contributed by atoms with Crippen LogP contribution in [0, 0.1) is 0 Å². The Labute approximate surface area is 146 Å². The molecular weight excluding hydrogens is 318 g/mol. The molecule has 0 fully saturated rings. The highest BCUT2D eigenvalue weighted by Gasteiger charge is 2.25. The van der Waals surface area contributed by atoms with Crippen molar-refractivity contribution in [3.63, 3.8) is 0 Å². The second kappa shape index (κ2) is 6.11. The van der Waals surface area contributed by atoms with Gasteiger partial charge in [-0.2, -0.15) is 0 Å². The van der Waals surface area contributed by atoms with Gasteiger partial charge in [-0.05, 0) is 66.4 Å². The van der Waals surface area contributed by atoms with E-state index < -0.39 is 5.97 Å². The Morgan fingerprint density at radius 2 is 1.67 bits per heavy atom. The average Bonchev–Trinajstić information content (AvgIpc) is 2.84. The van der Waals surface area contributed by atoms with E-state index in [1.807, 2.05) is 12.1 Å². The zero-order valence-electron chi connectivity index (χ0n) is 13.6. The third kappa shape index (κ3) is 2.66. The summed E-state index contributed by atoms with van der Waals surface area (Å²) in [6, 6.07) is 14.1. The molecule has 2 aromatic carbocycles. The normalized spacial score (nSPS) is 17.4. The summed E-state index contributed by atoms with van der Waals surface area (Å²) in [5.41, 5.74) is 5.46. The van der Waals surface area contributed by atoms with E-state index in [1.54, 1.807) is 17.8 Å². The monoisotopic (exact) mass is 337 g/mol. The van der Waals surface area contributed by atoms with E-state index in [0.29, 0.717) is 5.56 Å². The predicted octanol–water partition coefficient (Wildman–Crippen LogP) is 4.49. The molecule has 1 N–H and O–H groups in total. The Hall–Kier alpha value is -2.04. The summed E-state index contributed by atoms with van der Waals surface area (Å²) in [5.74, 6) is -0.863. The number of aromatic carboxylic acids is 1. The largest absolute Gasteiger partial charge is 0.478 e. The topological polar surface area (TPSA) is 40.5 Å². The van der Waals surface area contributed by atoms with Crippen molar-refractivity contribution in [2.24, 2.45) is 0 Å². The van der Waals surface area contributed by atoms with Crippen molar-refractivity contribution >= 4 is 28.9 Å². The number of benzene rings is 2. The summed E-state index contributed by atoms with van der Waals surface area (Å²) in [4.78, 5) is 16.2. The molecule has 24 heavy (non-hydrogen) atoms. The van der Waals surface area contributed by atoms with E-state index in [4.69, 9.17) is 0 Å². The van der Waals surface area contributed by atoms with E-state index in [2.05, 4.69) is 36.2 Å². The van der Waals surface area contributed by atoms with Gasteiger partial charge in [0, 0.05) is 22.9 Å². The van der Waals surface area contributed by atoms with E-state index in [1.165, 1.54) is 21.6 Å². The van der Waals surface area contributed by atoms with Crippen LogP contribution in [0.15, 0.2) is 52.3 Å². The molecule has 2 aliphatic rings. The molecule has 0 bridgehead atoms. The fraction of sp³-hybridized carbons (Fsp3) is 0.250. The number of fused-ring (bicyclic) bond motifs is 4. The number of carboxylic acids is 1. The molecule has 0 amide bonds. The maximum atomic E-state index is 11.4. The SMILES string of the molecule is CN1CCC2=C(CC1)c1cc(C(=O)O)ccc1Sc1ccccc12. The van der Waals surface area contributed by atoms with Gasteiger partial charge >= 0.3 is 5.97 Å². The van der Waals surface area contributed by atoms with E-state index in [9.17, 15) is 9.90 Å². The van der Waals surface area contributed by atoms with Gasteiger partial charge in [-0.25, -0.2) is 4.79 Å². The molecule has 0 radical (unpaired) electrons. The number of hydrogen-bond acceptors (Lipinski definition) is 3. The van der Waals surface area contributed by atoms with Crippen molar-refractivity contribution in [1.82, 2.24) is 4.90 Å². The summed E-state index contributed by atoms with van der Waals surface area (Å²) in [7, 11) is 2.15. The van der Waals surface area contributed by atoms with E-state index >= 15 is 0 Å². The van der Waals surface area contributed by atoms with Crippen LogP contribution in [0.5, 0.6) is 0 Å². The summed E-state index contributed by atoms with van der Waals surface area (Å²) >= 11 is 1.75. The lowest BCUT2D eigenvalue weighted by molar-refractivity contribution is 0.0697. The summed E-state index contributed by atoms with van der Waals surface area (Å²) < 4.78 is 0. The van der Waals surface area contributed by atoms with Crippen LogP contribution in [-0.2, 0) is 0 Å². The lowest BCUT2D eigenvalue weighted by Gasteiger charge is -2.14. The number of carboxylic acid groups (broad SMARTS) is 1. The minimum atomic E-state index is -0.863. The fourth-order valence-electron chi connectivity index (χ4n) is 3.52. The van der Waals surface area contributed by atoms with Crippen LogP contribution >= 0.6 is 11.8 Å². The first-order valence-electron chi connectivity index (χ1n) is 8.19. The third-order valence-corrected chi connectivity index (χ3v) is 5.99. The van der Waals surface area contributed by atoms with Gasteiger partial charge in [-0.3, -0.25) is 0 Å². The first kappa shape index (κ1) is 15.5. The minimum Gasteiger partial charge on any atom is -0.478 e. The summed E-state index contributed by atoms with van der Waals surface area (Å²) in [5, 5.41) is 9.39. The first-order chi connectivity index (χ1) is 11.6. The molecule has 0 aliphatic carbocycles. The van der Waals surface area contributed by atoms with Gasteiger partial charge in [0.05, 0.1) is 5.56 Å². The molecule has 2 aromatic rings. The Morgan fingerprint density at radius 1 is 1.00 bits per heavy atom. The summed E-state index contributed by atoms with van der Waals surface area (Å²) in [6.45, 7) is 2.04. The third-order valence-electron chi connectivity index (χ3n) is 4.84. The molecule has 0 unspecified atom stereocenters. The van der Waals surface area contributed by atoms with Crippen LogP contribution in [0.2, 0.25) is 0 Å².